The lowest BCUT2D eigenvalue weighted by Crippen LogP contribution is -2.41. The molecule has 2 aliphatic rings. The molecule has 0 unspecified atom stereocenters. The molecule has 1 saturated heterocycles. The van der Waals surface area contributed by atoms with Gasteiger partial charge in [-0.1, -0.05) is 6.07 Å². The van der Waals surface area contributed by atoms with E-state index >= 15 is 0 Å². The van der Waals surface area contributed by atoms with Crippen LogP contribution in [0.3, 0.4) is 0 Å². The molecule has 1 aromatic carbocycles. The molecule has 1 aliphatic heterocycles. The summed E-state index contributed by atoms with van der Waals surface area (Å²) in [5.74, 6) is 0.916. The molecule has 5 heteroatoms. The molecular weight excluding hydrogens is 277 g/mol. The lowest BCUT2D eigenvalue weighted by atomic mass is 9.79. The maximum atomic E-state index is 6.13. The van der Waals surface area contributed by atoms with Gasteiger partial charge in [0.1, 0.15) is 5.75 Å². The molecule has 1 saturated carbocycles. The first-order chi connectivity index (χ1) is 10.2. The molecule has 0 aromatic heterocycles. The van der Waals surface area contributed by atoms with Crippen molar-refractivity contribution in [1.82, 2.24) is 0 Å². The normalized spacial score (nSPS) is 22.7. The Kier molecular flexibility index (Phi) is 3.69. The van der Waals surface area contributed by atoms with Crippen molar-refractivity contribution in [2.45, 2.75) is 57.8 Å². The lowest BCUT2D eigenvalue weighted by molar-refractivity contribution is 0.00578. The number of rotatable bonds is 4. The summed E-state index contributed by atoms with van der Waals surface area (Å²) in [6, 6.07) is 6.21. The Morgan fingerprint density at radius 1 is 1.09 bits per heavy atom. The first-order valence-electron chi connectivity index (χ1n) is 8.03. The monoisotopic (exact) mass is 303 g/mol. The van der Waals surface area contributed by atoms with Gasteiger partial charge >= 0.3 is 7.12 Å². The predicted octanol–water partition coefficient (Wildman–Crippen LogP) is 2.59. The first-order valence-corrected chi connectivity index (χ1v) is 8.03. The molecule has 0 N–H and O–H groups in total. The van der Waals surface area contributed by atoms with Gasteiger partial charge in [-0.15, -0.1) is 0 Å². The fourth-order valence-electron chi connectivity index (χ4n) is 2.49. The van der Waals surface area contributed by atoms with Crippen LogP contribution in [-0.2, 0) is 9.31 Å². The minimum absolute atomic E-state index is 0.324. The Morgan fingerprint density at radius 2 is 1.68 bits per heavy atom. The molecule has 0 amide bonds. The molecule has 1 heterocycles. The van der Waals surface area contributed by atoms with E-state index in [4.69, 9.17) is 14.0 Å². The number of benzene rings is 1. The summed E-state index contributed by atoms with van der Waals surface area (Å²) < 4.78 is 18.3. The lowest BCUT2D eigenvalue weighted by Gasteiger charge is -2.32. The number of hydrogen-bond donors (Lipinski definition) is 0. The van der Waals surface area contributed by atoms with Crippen LogP contribution >= 0.6 is 0 Å². The van der Waals surface area contributed by atoms with Gasteiger partial charge in [-0.05, 0) is 58.1 Å². The topological polar surface area (TPSA) is 30.9 Å². The quantitative estimate of drug-likeness (QED) is 0.800. The molecule has 0 atom stereocenters. The third kappa shape index (κ3) is 2.84. The van der Waals surface area contributed by atoms with Gasteiger partial charge < -0.3 is 18.9 Å². The van der Waals surface area contributed by atoms with Crippen molar-refractivity contribution in [3.8, 4) is 5.75 Å². The van der Waals surface area contributed by atoms with Crippen LogP contribution in [0.5, 0.6) is 5.75 Å². The Labute approximate surface area is 133 Å². The SMILES string of the molecule is CN(C)c1ccc(B2OC(C)(C)C(C)(C)O2)cc1OC1CC1. The van der Waals surface area contributed by atoms with Crippen LogP contribution in [0.25, 0.3) is 0 Å². The van der Waals surface area contributed by atoms with Gasteiger partial charge in [0.15, 0.2) is 0 Å². The first kappa shape index (κ1) is 15.7. The molecule has 0 radical (unpaired) electrons. The average molecular weight is 303 g/mol. The molecule has 22 heavy (non-hydrogen) atoms. The summed E-state index contributed by atoms with van der Waals surface area (Å²) in [4.78, 5) is 2.08. The van der Waals surface area contributed by atoms with Gasteiger partial charge in [-0.25, -0.2) is 0 Å². The Hall–Kier alpha value is -1.20. The molecule has 4 nitrogen and oxygen atoms in total. The zero-order chi connectivity index (χ0) is 16.1. The Morgan fingerprint density at radius 3 is 2.18 bits per heavy atom. The summed E-state index contributed by atoms with van der Waals surface area (Å²) in [6.07, 6.45) is 2.66. The minimum Gasteiger partial charge on any atom is -0.488 e. The highest BCUT2D eigenvalue weighted by molar-refractivity contribution is 6.62. The summed E-state index contributed by atoms with van der Waals surface area (Å²) in [6.45, 7) is 8.29. The van der Waals surface area contributed by atoms with Crippen molar-refractivity contribution in [1.29, 1.82) is 0 Å². The van der Waals surface area contributed by atoms with Crippen molar-refractivity contribution in [2.75, 3.05) is 19.0 Å². The minimum atomic E-state index is -0.345. The van der Waals surface area contributed by atoms with Crippen molar-refractivity contribution in [2.24, 2.45) is 0 Å². The largest absolute Gasteiger partial charge is 0.494 e. The fourth-order valence-corrected chi connectivity index (χ4v) is 2.49. The molecule has 1 aromatic rings. The highest BCUT2D eigenvalue weighted by Crippen LogP contribution is 2.38. The van der Waals surface area contributed by atoms with Crippen LogP contribution in [0.4, 0.5) is 5.69 Å². The van der Waals surface area contributed by atoms with E-state index in [1.807, 2.05) is 14.1 Å². The number of nitrogens with zero attached hydrogens (tertiary/aromatic N) is 1. The van der Waals surface area contributed by atoms with Gasteiger partial charge in [0.25, 0.3) is 0 Å². The van der Waals surface area contributed by atoms with Crippen molar-refractivity contribution in [3.63, 3.8) is 0 Å². The van der Waals surface area contributed by atoms with Gasteiger partial charge in [0, 0.05) is 14.1 Å². The molecule has 0 spiro atoms. The van der Waals surface area contributed by atoms with E-state index in [-0.39, 0.29) is 18.3 Å². The predicted molar refractivity (Wildman–Crippen MR) is 90.1 cm³/mol. The zero-order valence-electron chi connectivity index (χ0n) is 14.5. The second kappa shape index (κ2) is 5.17. The van der Waals surface area contributed by atoms with E-state index in [0.717, 1.165) is 29.7 Å². The van der Waals surface area contributed by atoms with E-state index in [1.165, 1.54) is 0 Å². The standard InChI is InChI=1S/C17H26BNO3/c1-16(2)17(3,4)22-18(21-16)12-7-10-14(19(5)6)15(11-12)20-13-8-9-13/h7,10-11,13H,8-9H2,1-6H3. The van der Waals surface area contributed by atoms with Gasteiger partial charge in [-0.3, -0.25) is 0 Å². The summed E-state index contributed by atoms with van der Waals surface area (Å²) in [5, 5.41) is 0. The van der Waals surface area contributed by atoms with Crippen molar-refractivity contribution < 1.29 is 14.0 Å². The van der Waals surface area contributed by atoms with Gasteiger partial charge in [0.2, 0.25) is 0 Å². The van der Waals surface area contributed by atoms with Crippen LogP contribution < -0.4 is 15.1 Å². The molecule has 1 aliphatic carbocycles. The van der Waals surface area contributed by atoms with Crippen LogP contribution in [0.15, 0.2) is 18.2 Å². The zero-order valence-corrected chi connectivity index (χ0v) is 14.5. The summed E-state index contributed by atoms with van der Waals surface area (Å²) >= 11 is 0. The van der Waals surface area contributed by atoms with Crippen LogP contribution in [0, 0.1) is 0 Å². The fraction of sp³-hybridized carbons (Fsp3) is 0.647. The van der Waals surface area contributed by atoms with Gasteiger partial charge in [0.05, 0.1) is 23.0 Å². The van der Waals surface area contributed by atoms with Crippen LogP contribution in [0.2, 0.25) is 0 Å². The van der Waals surface area contributed by atoms with Crippen LogP contribution in [0.1, 0.15) is 40.5 Å². The highest BCUT2D eigenvalue weighted by Gasteiger charge is 2.51. The number of ether oxygens (including phenoxy) is 1. The van der Waals surface area contributed by atoms with E-state index in [9.17, 15) is 0 Å². The number of anilines is 1. The smallest absolute Gasteiger partial charge is 0.488 e. The summed E-state index contributed by atoms with van der Waals surface area (Å²) in [7, 11) is 3.72. The van der Waals surface area contributed by atoms with Crippen molar-refractivity contribution in [3.05, 3.63) is 18.2 Å². The van der Waals surface area contributed by atoms with Crippen LogP contribution in [-0.4, -0.2) is 38.5 Å². The average Bonchev–Trinajstić information content (AvgIpc) is 3.17. The summed E-state index contributed by atoms with van der Waals surface area (Å²) in [5.41, 5.74) is 1.46. The second-order valence-electron chi connectivity index (χ2n) is 7.53. The van der Waals surface area contributed by atoms with Crippen molar-refractivity contribution >= 4 is 18.3 Å². The molecular formula is C17H26BNO3. The molecule has 0 bridgehead atoms. The second-order valence-corrected chi connectivity index (χ2v) is 7.53. The van der Waals surface area contributed by atoms with E-state index in [0.29, 0.717) is 6.10 Å². The van der Waals surface area contributed by atoms with E-state index < -0.39 is 0 Å². The van der Waals surface area contributed by atoms with E-state index in [2.05, 4.69) is 50.8 Å². The Bertz CT molecular complexity index is 551. The van der Waals surface area contributed by atoms with E-state index in [1.54, 1.807) is 0 Å². The Balaban J connectivity index is 1.88. The van der Waals surface area contributed by atoms with Gasteiger partial charge in [-0.2, -0.15) is 0 Å². The molecule has 2 fully saturated rings. The molecule has 120 valence electrons. The number of hydrogen-bond acceptors (Lipinski definition) is 4. The third-order valence-corrected chi connectivity index (χ3v) is 4.81. The molecule has 3 rings (SSSR count). The maximum absolute atomic E-state index is 6.13. The highest BCUT2D eigenvalue weighted by atomic mass is 16.7. The maximum Gasteiger partial charge on any atom is 0.494 e. The third-order valence-electron chi connectivity index (χ3n) is 4.81.